The summed E-state index contributed by atoms with van der Waals surface area (Å²) >= 11 is 0. The summed E-state index contributed by atoms with van der Waals surface area (Å²) in [6.45, 7) is 4.91. The summed E-state index contributed by atoms with van der Waals surface area (Å²) in [5, 5.41) is 3.98. The fourth-order valence-electron chi connectivity index (χ4n) is 2.38. The van der Waals surface area contributed by atoms with Crippen LogP contribution >= 0.6 is 0 Å². The number of carbonyl (C=O) groups is 1. The Labute approximate surface area is 104 Å². The first-order chi connectivity index (χ1) is 7.99. The number of hydrogen-bond donors (Lipinski definition) is 1. The normalized spacial score (nSPS) is 24.5. The van der Waals surface area contributed by atoms with Gasteiger partial charge in [-0.2, -0.15) is 5.10 Å². The molecule has 1 aliphatic rings. The van der Waals surface area contributed by atoms with Crippen molar-refractivity contribution >= 4 is 11.6 Å². The molecule has 0 unspecified atom stereocenters. The molecule has 0 heterocycles. The van der Waals surface area contributed by atoms with Gasteiger partial charge in [0, 0.05) is 18.2 Å². The molecular weight excluding hydrogens is 214 g/mol. The van der Waals surface area contributed by atoms with Gasteiger partial charge in [-0.15, -0.1) is 0 Å². The summed E-state index contributed by atoms with van der Waals surface area (Å²) in [4.78, 5) is 14.0. The molecular formula is C13H25N3O. The molecule has 1 N–H and O–H groups in total. The number of hydrogen-bond acceptors (Lipinski definition) is 3. The van der Waals surface area contributed by atoms with Crippen LogP contribution in [0.1, 0.15) is 39.5 Å². The minimum absolute atomic E-state index is 0.0921. The van der Waals surface area contributed by atoms with Gasteiger partial charge >= 0.3 is 0 Å². The van der Waals surface area contributed by atoms with Crippen LogP contribution in [0, 0.1) is 11.8 Å². The van der Waals surface area contributed by atoms with Crippen molar-refractivity contribution in [3.05, 3.63) is 0 Å². The average Bonchev–Trinajstić information content (AvgIpc) is 2.26. The van der Waals surface area contributed by atoms with E-state index in [9.17, 15) is 4.79 Å². The molecule has 1 fully saturated rings. The lowest BCUT2D eigenvalue weighted by atomic mass is 9.81. The third kappa shape index (κ3) is 5.31. The van der Waals surface area contributed by atoms with E-state index in [1.165, 1.54) is 0 Å². The van der Waals surface area contributed by atoms with Crippen LogP contribution in [-0.2, 0) is 4.79 Å². The molecule has 1 aliphatic carbocycles. The maximum absolute atomic E-state index is 11.8. The highest BCUT2D eigenvalue weighted by atomic mass is 16.2. The molecule has 17 heavy (non-hydrogen) atoms. The first kappa shape index (κ1) is 14.2. The highest BCUT2D eigenvalue weighted by Gasteiger charge is 2.26. The summed E-state index contributed by atoms with van der Waals surface area (Å²) < 4.78 is 0. The van der Waals surface area contributed by atoms with Crippen LogP contribution in [0.5, 0.6) is 0 Å². The van der Waals surface area contributed by atoms with Gasteiger partial charge in [-0.05, 0) is 59.5 Å². The van der Waals surface area contributed by atoms with Gasteiger partial charge < -0.3 is 4.90 Å². The molecule has 0 radical (unpaired) electrons. The van der Waals surface area contributed by atoms with E-state index in [4.69, 9.17) is 0 Å². The van der Waals surface area contributed by atoms with Crippen LogP contribution in [0.15, 0.2) is 5.10 Å². The maximum atomic E-state index is 11.8. The van der Waals surface area contributed by atoms with E-state index in [1.807, 2.05) is 13.8 Å². The van der Waals surface area contributed by atoms with E-state index >= 15 is 0 Å². The van der Waals surface area contributed by atoms with Crippen LogP contribution in [-0.4, -0.2) is 37.2 Å². The number of nitrogens with one attached hydrogen (secondary N) is 1. The smallest absolute Gasteiger partial charge is 0.243 e. The third-order valence-corrected chi connectivity index (χ3v) is 3.23. The molecule has 1 rings (SSSR count). The van der Waals surface area contributed by atoms with Crippen molar-refractivity contribution in [2.24, 2.45) is 16.9 Å². The van der Waals surface area contributed by atoms with Gasteiger partial charge in [-0.3, -0.25) is 4.79 Å². The standard InChI is InChI=1S/C13H25N3O/c1-10(2)14-15-13(17)12-7-5-11(6-8-12)9-16(3)4/h11-12H,5-9H2,1-4H3,(H,15,17). The average molecular weight is 239 g/mol. The summed E-state index contributed by atoms with van der Waals surface area (Å²) in [6.07, 6.45) is 4.32. The summed E-state index contributed by atoms with van der Waals surface area (Å²) in [7, 11) is 4.22. The second-order valence-corrected chi connectivity index (χ2v) is 5.51. The molecule has 4 nitrogen and oxygen atoms in total. The Bertz CT molecular complexity index is 274. The predicted octanol–water partition coefficient (Wildman–Crippen LogP) is 1.87. The minimum Gasteiger partial charge on any atom is -0.309 e. The van der Waals surface area contributed by atoms with Gasteiger partial charge in [0.05, 0.1) is 0 Å². The fourth-order valence-corrected chi connectivity index (χ4v) is 2.38. The number of hydrazone groups is 1. The lowest BCUT2D eigenvalue weighted by Crippen LogP contribution is -2.33. The molecule has 0 aliphatic heterocycles. The van der Waals surface area contributed by atoms with E-state index in [2.05, 4.69) is 29.5 Å². The van der Waals surface area contributed by atoms with Gasteiger partial charge in [0.25, 0.3) is 0 Å². The topological polar surface area (TPSA) is 44.7 Å². The molecule has 0 spiro atoms. The molecule has 1 amide bonds. The lowest BCUT2D eigenvalue weighted by Gasteiger charge is -2.29. The van der Waals surface area contributed by atoms with Crippen molar-refractivity contribution in [1.82, 2.24) is 10.3 Å². The van der Waals surface area contributed by atoms with E-state index < -0.39 is 0 Å². The first-order valence-corrected chi connectivity index (χ1v) is 6.44. The Balaban J connectivity index is 2.31. The Morgan fingerprint density at radius 3 is 2.29 bits per heavy atom. The van der Waals surface area contributed by atoms with Crippen molar-refractivity contribution in [3.63, 3.8) is 0 Å². The van der Waals surface area contributed by atoms with Gasteiger partial charge in [0.15, 0.2) is 0 Å². The van der Waals surface area contributed by atoms with Crippen LogP contribution in [0.4, 0.5) is 0 Å². The molecule has 0 aromatic rings. The molecule has 0 aromatic carbocycles. The van der Waals surface area contributed by atoms with Gasteiger partial charge in [0.2, 0.25) is 5.91 Å². The van der Waals surface area contributed by atoms with E-state index in [0.717, 1.165) is 43.9 Å². The van der Waals surface area contributed by atoms with Crippen LogP contribution in [0.3, 0.4) is 0 Å². The van der Waals surface area contributed by atoms with Crippen LogP contribution in [0.2, 0.25) is 0 Å². The zero-order valence-electron chi connectivity index (χ0n) is 11.5. The molecule has 0 saturated heterocycles. The molecule has 98 valence electrons. The monoisotopic (exact) mass is 239 g/mol. The lowest BCUT2D eigenvalue weighted by molar-refractivity contribution is -0.126. The zero-order chi connectivity index (χ0) is 12.8. The van der Waals surface area contributed by atoms with Gasteiger partial charge in [0.1, 0.15) is 0 Å². The molecule has 4 heteroatoms. The Morgan fingerprint density at radius 1 is 1.24 bits per heavy atom. The summed E-state index contributed by atoms with van der Waals surface area (Å²) in [5.41, 5.74) is 3.53. The van der Waals surface area contributed by atoms with Crippen molar-refractivity contribution in [2.75, 3.05) is 20.6 Å². The second kappa shape index (κ2) is 6.74. The van der Waals surface area contributed by atoms with Crippen LogP contribution < -0.4 is 5.43 Å². The Morgan fingerprint density at radius 2 is 1.82 bits per heavy atom. The number of nitrogens with zero attached hydrogens (tertiary/aromatic N) is 2. The summed E-state index contributed by atoms with van der Waals surface area (Å²) in [5.74, 6) is 1.01. The van der Waals surface area contributed by atoms with Crippen LogP contribution in [0.25, 0.3) is 0 Å². The quantitative estimate of drug-likeness (QED) is 0.601. The molecule has 0 aromatic heterocycles. The Kier molecular flexibility index (Phi) is 5.62. The van der Waals surface area contributed by atoms with Gasteiger partial charge in [-0.25, -0.2) is 5.43 Å². The maximum Gasteiger partial charge on any atom is 0.243 e. The molecule has 0 atom stereocenters. The number of amides is 1. The largest absolute Gasteiger partial charge is 0.309 e. The second-order valence-electron chi connectivity index (χ2n) is 5.51. The number of rotatable bonds is 4. The SMILES string of the molecule is CC(C)=NNC(=O)C1CCC(CN(C)C)CC1. The van der Waals surface area contributed by atoms with Crippen molar-refractivity contribution in [2.45, 2.75) is 39.5 Å². The van der Waals surface area contributed by atoms with E-state index in [1.54, 1.807) is 0 Å². The van der Waals surface area contributed by atoms with Crippen molar-refractivity contribution in [1.29, 1.82) is 0 Å². The fraction of sp³-hybridized carbons (Fsp3) is 0.846. The predicted molar refractivity (Wildman–Crippen MR) is 70.9 cm³/mol. The van der Waals surface area contributed by atoms with Crippen molar-refractivity contribution in [3.8, 4) is 0 Å². The number of carbonyl (C=O) groups excluding carboxylic acids is 1. The molecule has 1 saturated carbocycles. The molecule has 0 bridgehead atoms. The summed E-state index contributed by atoms with van der Waals surface area (Å²) in [6, 6.07) is 0. The minimum atomic E-state index is 0.0921. The van der Waals surface area contributed by atoms with Crippen molar-refractivity contribution < 1.29 is 4.79 Å². The third-order valence-electron chi connectivity index (χ3n) is 3.23. The zero-order valence-corrected chi connectivity index (χ0v) is 11.5. The van der Waals surface area contributed by atoms with Gasteiger partial charge in [-0.1, -0.05) is 0 Å². The first-order valence-electron chi connectivity index (χ1n) is 6.44. The Hall–Kier alpha value is -0.900. The highest BCUT2D eigenvalue weighted by molar-refractivity contribution is 5.83. The van der Waals surface area contributed by atoms with E-state index in [-0.39, 0.29) is 11.8 Å². The van der Waals surface area contributed by atoms with E-state index in [0.29, 0.717) is 0 Å². The highest BCUT2D eigenvalue weighted by Crippen LogP contribution is 2.29.